The van der Waals surface area contributed by atoms with Gasteiger partial charge in [0, 0.05) is 6.54 Å². The molecule has 1 unspecified atom stereocenters. The molecule has 1 saturated heterocycles. The number of hydrogen-bond donors (Lipinski definition) is 2. The van der Waals surface area contributed by atoms with Crippen molar-refractivity contribution < 1.29 is 4.79 Å². The smallest absolute Gasteiger partial charge is 0.237 e. The zero-order chi connectivity index (χ0) is 10.5. The van der Waals surface area contributed by atoms with Crippen LogP contribution < -0.4 is 10.6 Å². The van der Waals surface area contributed by atoms with E-state index in [0.29, 0.717) is 0 Å². The van der Waals surface area contributed by atoms with Gasteiger partial charge in [-0.1, -0.05) is 32.1 Å². The summed E-state index contributed by atoms with van der Waals surface area (Å²) in [6.45, 7) is 1.82. The Kier molecular flexibility index (Phi) is 4.01. The van der Waals surface area contributed by atoms with E-state index >= 15 is 0 Å². The first-order valence-corrected chi connectivity index (χ1v) is 6.37. The number of carbonyl (C=O) groups excluding carboxylic acids is 1. The van der Waals surface area contributed by atoms with Crippen molar-refractivity contribution in [2.45, 2.75) is 51.0 Å². The van der Waals surface area contributed by atoms with Gasteiger partial charge in [-0.2, -0.15) is 0 Å². The van der Waals surface area contributed by atoms with E-state index in [1.165, 1.54) is 32.1 Å². The van der Waals surface area contributed by atoms with E-state index in [2.05, 4.69) is 10.6 Å². The fourth-order valence-corrected chi connectivity index (χ4v) is 2.74. The number of carbonyl (C=O) groups is 1. The predicted molar refractivity (Wildman–Crippen MR) is 60.6 cm³/mol. The van der Waals surface area contributed by atoms with Crippen LogP contribution in [0.15, 0.2) is 0 Å². The van der Waals surface area contributed by atoms with Gasteiger partial charge in [0.25, 0.3) is 0 Å². The van der Waals surface area contributed by atoms with Crippen molar-refractivity contribution in [2.75, 3.05) is 13.1 Å². The van der Waals surface area contributed by atoms with E-state index in [-0.39, 0.29) is 11.9 Å². The predicted octanol–water partition coefficient (Wildman–Crippen LogP) is 1.43. The van der Waals surface area contributed by atoms with Crippen molar-refractivity contribution in [1.29, 1.82) is 0 Å². The third-order valence-electron chi connectivity index (χ3n) is 3.65. The Morgan fingerprint density at radius 1 is 1.07 bits per heavy atom. The van der Waals surface area contributed by atoms with Crippen molar-refractivity contribution in [3.05, 3.63) is 0 Å². The van der Waals surface area contributed by atoms with E-state index in [1.807, 2.05) is 0 Å². The third-order valence-corrected chi connectivity index (χ3v) is 3.65. The molecular formula is C12H22N2O. The largest absolute Gasteiger partial charge is 0.355 e. The molecule has 1 heterocycles. The van der Waals surface area contributed by atoms with Crippen LogP contribution in [0.3, 0.4) is 0 Å². The van der Waals surface area contributed by atoms with Gasteiger partial charge >= 0.3 is 0 Å². The fourth-order valence-electron chi connectivity index (χ4n) is 2.74. The Hall–Kier alpha value is -0.570. The summed E-state index contributed by atoms with van der Waals surface area (Å²) in [5, 5.41) is 6.35. The summed E-state index contributed by atoms with van der Waals surface area (Å²) in [6, 6.07) is 0.0793. The molecule has 1 atom stereocenters. The first kappa shape index (κ1) is 10.9. The highest BCUT2D eigenvalue weighted by Gasteiger charge is 2.24. The Balaban J connectivity index is 1.82. The number of nitrogens with one attached hydrogen (secondary N) is 2. The lowest BCUT2D eigenvalue weighted by Crippen LogP contribution is -2.42. The molecule has 1 amide bonds. The fraction of sp³-hybridized carbons (Fsp3) is 0.917. The Morgan fingerprint density at radius 2 is 1.87 bits per heavy atom. The highest BCUT2D eigenvalue weighted by molar-refractivity contribution is 5.81. The molecule has 0 aromatic carbocycles. The molecule has 0 spiro atoms. The molecule has 2 fully saturated rings. The van der Waals surface area contributed by atoms with Crippen LogP contribution in [0.4, 0.5) is 0 Å². The number of amides is 1. The maximum atomic E-state index is 11.7. The van der Waals surface area contributed by atoms with E-state index in [9.17, 15) is 4.79 Å². The first-order chi connectivity index (χ1) is 7.36. The quantitative estimate of drug-likeness (QED) is 0.724. The van der Waals surface area contributed by atoms with Gasteiger partial charge in [0.05, 0.1) is 6.04 Å². The summed E-state index contributed by atoms with van der Waals surface area (Å²) >= 11 is 0. The second kappa shape index (κ2) is 5.50. The van der Waals surface area contributed by atoms with Gasteiger partial charge in [-0.25, -0.2) is 0 Å². The van der Waals surface area contributed by atoms with Crippen molar-refractivity contribution in [3.8, 4) is 0 Å². The van der Waals surface area contributed by atoms with Crippen LogP contribution in [0.5, 0.6) is 0 Å². The van der Waals surface area contributed by atoms with Crippen LogP contribution in [0.1, 0.15) is 44.9 Å². The van der Waals surface area contributed by atoms with Crippen molar-refractivity contribution in [3.63, 3.8) is 0 Å². The van der Waals surface area contributed by atoms with Crippen LogP contribution in [0, 0.1) is 5.92 Å². The average Bonchev–Trinajstić information content (AvgIpc) is 2.46. The highest BCUT2D eigenvalue weighted by Crippen LogP contribution is 2.27. The molecule has 86 valence electrons. The van der Waals surface area contributed by atoms with Crippen LogP contribution in [0.2, 0.25) is 0 Å². The minimum Gasteiger partial charge on any atom is -0.355 e. The molecule has 1 saturated carbocycles. The minimum absolute atomic E-state index is 0.0793. The van der Waals surface area contributed by atoms with Crippen molar-refractivity contribution in [2.24, 2.45) is 5.92 Å². The van der Waals surface area contributed by atoms with Crippen LogP contribution in [0.25, 0.3) is 0 Å². The van der Waals surface area contributed by atoms with Gasteiger partial charge in [-0.05, 0) is 25.3 Å². The summed E-state index contributed by atoms with van der Waals surface area (Å²) in [4.78, 5) is 11.7. The Bertz CT molecular complexity index is 212. The molecular weight excluding hydrogens is 188 g/mol. The van der Waals surface area contributed by atoms with Gasteiger partial charge in [0.15, 0.2) is 0 Å². The summed E-state index contributed by atoms with van der Waals surface area (Å²) in [7, 11) is 0. The second-order valence-corrected chi connectivity index (χ2v) is 4.89. The lowest BCUT2D eigenvalue weighted by molar-refractivity contribution is -0.123. The highest BCUT2D eigenvalue weighted by atomic mass is 16.2. The molecule has 2 N–H and O–H groups in total. The first-order valence-electron chi connectivity index (χ1n) is 6.37. The van der Waals surface area contributed by atoms with Gasteiger partial charge in [-0.3, -0.25) is 4.79 Å². The average molecular weight is 210 g/mol. The van der Waals surface area contributed by atoms with Crippen LogP contribution in [-0.4, -0.2) is 25.0 Å². The molecule has 0 aromatic rings. The van der Waals surface area contributed by atoms with Gasteiger partial charge < -0.3 is 10.6 Å². The molecule has 2 rings (SSSR count). The van der Waals surface area contributed by atoms with E-state index < -0.39 is 0 Å². The standard InChI is InChI=1S/C12H22N2O/c15-12-11(13-7-4-8-14-12)9-10-5-2-1-3-6-10/h10-11,13H,1-9H2,(H,14,15). The van der Waals surface area contributed by atoms with Gasteiger partial charge in [0.2, 0.25) is 5.91 Å². The number of rotatable bonds is 2. The second-order valence-electron chi connectivity index (χ2n) is 4.89. The monoisotopic (exact) mass is 210 g/mol. The normalized spacial score (nSPS) is 29.6. The van der Waals surface area contributed by atoms with E-state index in [4.69, 9.17) is 0 Å². The Labute approximate surface area is 92.0 Å². The van der Waals surface area contributed by atoms with Gasteiger partial charge in [-0.15, -0.1) is 0 Å². The van der Waals surface area contributed by atoms with Crippen molar-refractivity contribution >= 4 is 5.91 Å². The number of hydrogen-bond acceptors (Lipinski definition) is 2. The molecule has 15 heavy (non-hydrogen) atoms. The SMILES string of the molecule is O=C1NCCCNC1CC1CCCCC1. The molecule has 3 nitrogen and oxygen atoms in total. The van der Waals surface area contributed by atoms with E-state index in [1.54, 1.807) is 0 Å². The molecule has 3 heteroatoms. The topological polar surface area (TPSA) is 41.1 Å². The lowest BCUT2D eigenvalue weighted by Gasteiger charge is -2.25. The molecule has 0 aromatic heterocycles. The van der Waals surface area contributed by atoms with Gasteiger partial charge in [0.1, 0.15) is 0 Å². The molecule has 2 aliphatic rings. The van der Waals surface area contributed by atoms with Crippen LogP contribution >= 0.6 is 0 Å². The maximum absolute atomic E-state index is 11.7. The van der Waals surface area contributed by atoms with Crippen molar-refractivity contribution in [1.82, 2.24) is 10.6 Å². The maximum Gasteiger partial charge on any atom is 0.237 e. The summed E-state index contributed by atoms with van der Waals surface area (Å²) < 4.78 is 0. The zero-order valence-corrected chi connectivity index (χ0v) is 9.43. The molecule has 1 aliphatic carbocycles. The molecule has 0 radical (unpaired) electrons. The zero-order valence-electron chi connectivity index (χ0n) is 9.43. The summed E-state index contributed by atoms with van der Waals surface area (Å²) in [5.74, 6) is 0.998. The summed E-state index contributed by atoms with van der Waals surface area (Å²) in [5.41, 5.74) is 0. The minimum atomic E-state index is 0.0793. The molecule has 1 aliphatic heterocycles. The van der Waals surface area contributed by atoms with E-state index in [0.717, 1.165) is 31.8 Å². The summed E-state index contributed by atoms with van der Waals surface area (Å²) in [6.07, 6.45) is 8.87. The Morgan fingerprint density at radius 3 is 2.67 bits per heavy atom. The van der Waals surface area contributed by atoms with Crippen LogP contribution in [-0.2, 0) is 4.79 Å². The molecule has 0 bridgehead atoms. The lowest BCUT2D eigenvalue weighted by atomic mass is 9.84. The third kappa shape index (κ3) is 3.20.